The number of hydrogen-bond donors (Lipinski definition) is 3. The number of carbonyl (C=O) groups is 1. The Morgan fingerprint density at radius 3 is 3.00 bits per heavy atom. The van der Waals surface area contributed by atoms with E-state index in [4.69, 9.17) is 5.73 Å². The van der Waals surface area contributed by atoms with Gasteiger partial charge in [0, 0.05) is 18.2 Å². The number of anilines is 1. The van der Waals surface area contributed by atoms with Crippen molar-refractivity contribution in [2.45, 2.75) is 18.9 Å². The zero-order valence-electron chi connectivity index (χ0n) is 9.50. The van der Waals surface area contributed by atoms with Crippen LogP contribution in [-0.2, 0) is 0 Å². The lowest BCUT2D eigenvalue weighted by Gasteiger charge is -2.25. The summed E-state index contributed by atoms with van der Waals surface area (Å²) in [7, 11) is 0. The van der Waals surface area contributed by atoms with Gasteiger partial charge in [0.25, 0.3) is 0 Å². The third-order valence-corrected chi connectivity index (χ3v) is 2.91. The summed E-state index contributed by atoms with van der Waals surface area (Å²) in [5.41, 5.74) is 5.82. The molecule has 17 heavy (non-hydrogen) atoms. The average Bonchev–Trinajstić information content (AvgIpc) is 2.33. The molecule has 0 bridgehead atoms. The van der Waals surface area contributed by atoms with Crippen LogP contribution in [0.2, 0.25) is 0 Å². The molecule has 1 saturated heterocycles. The average molecular weight is 237 g/mol. The van der Waals surface area contributed by atoms with Crippen molar-refractivity contribution in [2.75, 3.05) is 18.4 Å². The topological polar surface area (TPSA) is 67.2 Å². The zero-order chi connectivity index (χ0) is 12.3. The molecule has 4 nitrogen and oxygen atoms in total. The van der Waals surface area contributed by atoms with Crippen molar-refractivity contribution >= 4 is 11.6 Å². The molecule has 0 aliphatic carbocycles. The summed E-state index contributed by atoms with van der Waals surface area (Å²) in [4.78, 5) is 11.0. The number of benzene rings is 1. The van der Waals surface area contributed by atoms with E-state index in [1.807, 2.05) is 0 Å². The number of amides is 1. The van der Waals surface area contributed by atoms with Crippen molar-refractivity contribution < 1.29 is 9.18 Å². The van der Waals surface area contributed by atoms with E-state index in [1.165, 1.54) is 18.2 Å². The summed E-state index contributed by atoms with van der Waals surface area (Å²) in [5.74, 6) is -0.907. The van der Waals surface area contributed by atoms with Crippen LogP contribution < -0.4 is 16.4 Å². The van der Waals surface area contributed by atoms with E-state index in [0.717, 1.165) is 25.9 Å². The van der Waals surface area contributed by atoms with Gasteiger partial charge >= 0.3 is 0 Å². The molecule has 4 N–H and O–H groups in total. The molecule has 2 rings (SSSR count). The predicted molar refractivity (Wildman–Crippen MR) is 64.4 cm³/mol. The molecule has 0 radical (unpaired) electrons. The zero-order valence-corrected chi connectivity index (χ0v) is 9.50. The fourth-order valence-electron chi connectivity index (χ4n) is 1.98. The van der Waals surface area contributed by atoms with Crippen molar-refractivity contribution in [1.29, 1.82) is 0 Å². The minimum absolute atomic E-state index is 0.196. The van der Waals surface area contributed by atoms with Gasteiger partial charge in [-0.15, -0.1) is 0 Å². The number of halogens is 1. The Balaban J connectivity index is 2.13. The maximum atomic E-state index is 13.6. The first-order chi connectivity index (χ1) is 8.16. The standard InChI is InChI=1S/C12H16FN3O/c13-10-4-3-8(12(14)17)6-11(10)16-9-2-1-5-15-7-9/h3-4,6,9,15-16H,1-2,5,7H2,(H2,14,17). The first-order valence-corrected chi connectivity index (χ1v) is 5.73. The third kappa shape index (κ3) is 2.94. The second kappa shape index (κ2) is 5.14. The highest BCUT2D eigenvalue weighted by atomic mass is 19.1. The number of nitrogens with one attached hydrogen (secondary N) is 2. The smallest absolute Gasteiger partial charge is 0.248 e. The van der Waals surface area contributed by atoms with Crippen LogP contribution in [0, 0.1) is 5.82 Å². The van der Waals surface area contributed by atoms with E-state index < -0.39 is 5.91 Å². The number of hydrogen-bond acceptors (Lipinski definition) is 3. The molecule has 1 atom stereocenters. The molecule has 1 aliphatic rings. The predicted octanol–water partition coefficient (Wildman–Crippen LogP) is 1.09. The van der Waals surface area contributed by atoms with Crippen LogP contribution in [0.5, 0.6) is 0 Å². The van der Waals surface area contributed by atoms with Gasteiger partial charge in [0.1, 0.15) is 5.82 Å². The summed E-state index contributed by atoms with van der Waals surface area (Å²) in [6, 6.07) is 4.31. The fourth-order valence-corrected chi connectivity index (χ4v) is 1.98. The Kier molecular flexibility index (Phi) is 3.58. The molecule has 0 aromatic heterocycles. The van der Waals surface area contributed by atoms with Gasteiger partial charge in [-0.2, -0.15) is 0 Å². The Hall–Kier alpha value is -1.62. The van der Waals surface area contributed by atoms with Crippen LogP contribution in [0.4, 0.5) is 10.1 Å². The Morgan fingerprint density at radius 2 is 2.35 bits per heavy atom. The quantitative estimate of drug-likeness (QED) is 0.737. The molecule has 5 heteroatoms. The third-order valence-electron chi connectivity index (χ3n) is 2.91. The number of nitrogens with two attached hydrogens (primary N) is 1. The van der Waals surface area contributed by atoms with E-state index in [0.29, 0.717) is 11.3 Å². The maximum Gasteiger partial charge on any atom is 0.248 e. The van der Waals surface area contributed by atoms with E-state index in [1.54, 1.807) is 0 Å². The molecule has 1 aliphatic heterocycles. The number of rotatable bonds is 3. The lowest BCUT2D eigenvalue weighted by atomic mass is 10.1. The van der Waals surface area contributed by atoms with Crippen molar-refractivity contribution in [3.63, 3.8) is 0 Å². The highest BCUT2D eigenvalue weighted by Crippen LogP contribution is 2.18. The fraction of sp³-hybridized carbons (Fsp3) is 0.417. The molecule has 1 fully saturated rings. The molecule has 1 unspecified atom stereocenters. The SMILES string of the molecule is NC(=O)c1ccc(F)c(NC2CCCNC2)c1. The van der Waals surface area contributed by atoms with Crippen LogP contribution in [-0.4, -0.2) is 25.0 Å². The first kappa shape index (κ1) is 11.9. The Labute approximate surface area is 99.4 Å². The Bertz CT molecular complexity index is 416. The number of primary amides is 1. The summed E-state index contributed by atoms with van der Waals surface area (Å²) >= 11 is 0. The van der Waals surface area contributed by atoms with Crippen LogP contribution in [0.1, 0.15) is 23.2 Å². The molecule has 1 amide bonds. The van der Waals surface area contributed by atoms with Crippen LogP contribution in [0.15, 0.2) is 18.2 Å². The second-order valence-electron chi connectivity index (χ2n) is 4.25. The summed E-state index contributed by atoms with van der Waals surface area (Å²) in [6.45, 7) is 1.81. The van der Waals surface area contributed by atoms with Gasteiger partial charge in [-0.1, -0.05) is 0 Å². The molecule has 1 aromatic rings. The first-order valence-electron chi connectivity index (χ1n) is 5.73. The minimum Gasteiger partial charge on any atom is -0.379 e. The molecule has 92 valence electrons. The lowest BCUT2D eigenvalue weighted by molar-refractivity contribution is 0.100. The highest BCUT2D eigenvalue weighted by molar-refractivity contribution is 5.93. The van der Waals surface area contributed by atoms with Crippen molar-refractivity contribution in [3.05, 3.63) is 29.6 Å². The molecule has 1 aromatic carbocycles. The van der Waals surface area contributed by atoms with E-state index >= 15 is 0 Å². The van der Waals surface area contributed by atoms with E-state index in [2.05, 4.69) is 10.6 Å². The number of carbonyl (C=O) groups excluding carboxylic acids is 1. The van der Waals surface area contributed by atoms with Gasteiger partial charge in [0.05, 0.1) is 5.69 Å². The second-order valence-corrected chi connectivity index (χ2v) is 4.25. The maximum absolute atomic E-state index is 13.6. The largest absolute Gasteiger partial charge is 0.379 e. The van der Waals surface area contributed by atoms with Crippen LogP contribution >= 0.6 is 0 Å². The monoisotopic (exact) mass is 237 g/mol. The molecule has 1 heterocycles. The summed E-state index contributed by atoms with van der Waals surface area (Å²) in [5, 5.41) is 6.33. The molecule has 0 saturated carbocycles. The number of piperidine rings is 1. The highest BCUT2D eigenvalue weighted by Gasteiger charge is 2.15. The molecule has 0 spiro atoms. The van der Waals surface area contributed by atoms with Crippen LogP contribution in [0.25, 0.3) is 0 Å². The van der Waals surface area contributed by atoms with Gasteiger partial charge in [0.2, 0.25) is 5.91 Å². The Morgan fingerprint density at radius 1 is 1.53 bits per heavy atom. The summed E-state index contributed by atoms with van der Waals surface area (Å²) < 4.78 is 13.6. The van der Waals surface area contributed by atoms with E-state index in [-0.39, 0.29) is 11.9 Å². The van der Waals surface area contributed by atoms with Gasteiger partial charge in [-0.3, -0.25) is 4.79 Å². The lowest BCUT2D eigenvalue weighted by Crippen LogP contribution is -2.38. The van der Waals surface area contributed by atoms with Gasteiger partial charge < -0.3 is 16.4 Å². The summed E-state index contributed by atoms with van der Waals surface area (Å²) in [6.07, 6.45) is 2.06. The van der Waals surface area contributed by atoms with Crippen molar-refractivity contribution in [1.82, 2.24) is 5.32 Å². The normalized spacial score (nSPS) is 19.9. The van der Waals surface area contributed by atoms with Crippen LogP contribution in [0.3, 0.4) is 0 Å². The van der Waals surface area contributed by atoms with Crippen molar-refractivity contribution in [2.24, 2.45) is 5.73 Å². The van der Waals surface area contributed by atoms with Crippen molar-refractivity contribution in [3.8, 4) is 0 Å². The van der Waals surface area contributed by atoms with E-state index in [9.17, 15) is 9.18 Å². The minimum atomic E-state index is -0.546. The van der Waals surface area contributed by atoms with Gasteiger partial charge in [0.15, 0.2) is 0 Å². The van der Waals surface area contributed by atoms with Gasteiger partial charge in [-0.05, 0) is 37.6 Å². The molecular weight excluding hydrogens is 221 g/mol. The van der Waals surface area contributed by atoms with Gasteiger partial charge in [-0.25, -0.2) is 4.39 Å². The molecular formula is C12H16FN3O.